The van der Waals surface area contributed by atoms with Crippen molar-refractivity contribution in [1.29, 1.82) is 0 Å². The van der Waals surface area contributed by atoms with Gasteiger partial charge in [-0.1, -0.05) is 36.4 Å². The van der Waals surface area contributed by atoms with Crippen molar-refractivity contribution in [2.45, 2.75) is 77.0 Å². The summed E-state index contributed by atoms with van der Waals surface area (Å²) in [4.78, 5) is 38.1. The summed E-state index contributed by atoms with van der Waals surface area (Å²) in [5.41, 5.74) is 4.28. The number of hydrogen-bond acceptors (Lipinski definition) is 7. The number of nitrogens with one attached hydrogen (secondary N) is 1. The van der Waals surface area contributed by atoms with Crippen LogP contribution in [0.15, 0.2) is 66.9 Å². The topological polar surface area (TPSA) is 108 Å². The average molecular weight is 642 g/mol. The molecular weight excluding hydrogens is 594 g/mol. The van der Waals surface area contributed by atoms with Gasteiger partial charge in [0.1, 0.15) is 11.4 Å². The molecule has 0 saturated carbocycles. The SMILES string of the molecule is COCCCn1c([C@@H]2CCCN(C(=O)C[C@@H](Cc3ccc(-c4cccnc4OC)cc3)NC(=O)OC(C)(C)C)C2)nc2ccccc21. The predicted molar refractivity (Wildman–Crippen MR) is 182 cm³/mol. The second kappa shape index (κ2) is 15.4. The van der Waals surface area contributed by atoms with Crippen LogP contribution >= 0.6 is 0 Å². The molecule has 2 atom stereocenters. The maximum Gasteiger partial charge on any atom is 0.407 e. The fraction of sp³-hybridized carbons (Fsp3) is 0.459. The number of amides is 2. The predicted octanol–water partition coefficient (Wildman–Crippen LogP) is 6.38. The highest BCUT2D eigenvalue weighted by molar-refractivity contribution is 5.79. The number of carbonyl (C=O) groups is 2. The molecule has 0 aliphatic carbocycles. The number of rotatable bonds is 12. The van der Waals surface area contributed by atoms with E-state index in [1.165, 1.54) is 0 Å². The number of imidazole rings is 1. The Balaban J connectivity index is 1.31. The number of pyridine rings is 1. The fourth-order valence-corrected chi connectivity index (χ4v) is 6.29. The van der Waals surface area contributed by atoms with Crippen LogP contribution in [-0.2, 0) is 27.2 Å². The summed E-state index contributed by atoms with van der Waals surface area (Å²) in [5.74, 6) is 1.71. The van der Waals surface area contributed by atoms with E-state index >= 15 is 0 Å². The van der Waals surface area contributed by atoms with Crippen LogP contribution in [0.4, 0.5) is 4.79 Å². The Hall–Kier alpha value is -4.44. The number of methoxy groups -OCH3 is 2. The quantitative estimate of drug-likeness (QED) is 0.179. The van der Waals surface area contributed by atoms with Gasteiger partial charge in [-0.3, -0.25) is 4.79 Å². The van der Waals surface area contributed by atoms with Gasteiger partial charge in [-0.25, -0.2) is 14.8 Å². The Morgan fingerprint density at radius 2 is 1.83 bits per heavy atom. The van der Waals surface area contributed by atoms with Crippen LogP contribution in [0.2, 0.25) is 0 Å². The minimum absolute atomic E-state index is 0.00881. The van der Waals surface area contributed by atoms with Gasteiger partial charge in [-0.2, -0.15) is 0 Å². The summed E-state index contributed by atoms with van der Waals surface area (Å²) in [6, 6.07) is 19.6. The first kappa shape index (κ1) is 33.9. The van der Waals surface area contributed by atoms with Crippen LogP contribution in [0.5, 0.6) is 5.88 Å². The minimum atomic E-state index is -0.655. The van der Waals surface area contributed by atoms with E-state index in [0.717, 1.165) is 59.4 Å². The van der Waals surface area contributed by atoms with E-state index in [2.05, 4.69) is 20.9 Å². The van der Waals surface area contributed by atoms with Crippen molar-refractivity contribution >= 4 is 23.0 Å². The van der Waals surface area contributed by atoms with Gasteiger partial charge in [0, 0.05) is 63.5 Å². The zero-order valence-corrected chi connectivity index (χ0v) is 28.2. The van der Waals surface area contributed by atoms with Crippen molar-refractivity contribution in [2.75, 3.05) is 33.9 Å². The fourth-order valence-electron chi connectivity index (χ4n) is 6.29. The molecule has 10 nitrogen and oxygen atoms in total. The van der Waals surface area contributed by atoms with Crippen LogP contribution in [0.3, 0.4) is 0 Å². The number of alkyl carbamates (subject to hydrolysis) is 1. The lowest BCUT2D eigenvalue weighted by Crippen LogP contribution is -2.46. The maximum absolute atomic E-state index is 13.9. The van der Waals surface area contributed by atoms with E-state index in [4.69, 9.17) is 19.2 Å². The first-order valence-corrected chi connectivity index (χ1v) is 16.4. The van der Waals surface area contributed by atoms with Gasteiger partial charge in [0.25, 0.3) is 0 Å². The van der Waals surface area contributed by atoms with E-state index in [1.54, 1.807) is 20.4 Å². The lowest BCUT2D eigenvalue weighted by molar-refractivity contribution is -0.132. The lowest BCUT2D eigenvalue weighted by atomic mass is 9.95. The molecular formula is C37H47N5O5. The zero-order chi connectivity index (χ0) is 33.4. The maximum atomic E-state index is 13.9. The molecule has 0 spiro atoms. The van der Waals surface area contributed by atoms with E-state index in [-0.39, 0.29) is 18.2 Å². The molecule has 1 N–H and O–H groups in total. The highest BCUT2D eigenvalue weighted by Gasteiger charge is 2.30. The molecule has 47 heavy (non-hydrogen) atoms. The van der Waals surface area contributed by atoms with Gasteiger partial charge in [0.2, 0.25) is 11.8 Å². The van der Waals surface area contributed by atoms with Gasteiger partial charge < -0.3 is 29.0 Å². The van der Waals surface area contributed by atoms with Crippen molar-refractivity contribution in [1.82, 2.24) is 24.8 Å². The molecule has 2 amide bonds. The molecule has 0 radical (unpaired) electrons. The smallest absolute Gasteiger partial charge is 0.407 e. The zero-order valence-electron chi connectivity index (χ0n) is 28.2. The normalized spacial score (nSPS) is 15.8. The molecule has 1 fully saturated rings. The molecule has 2 aromatic carbocycles. The number of likely N-dealkylation sites (tertiary alicyclic amines) is 1. The number of piperidine rings is 1. The van der Waals surface area contributed by atoms with Gasteiger partial charge in [-0.15, -0.1) is 0 Å². The Labute approximate surface area is 277 Å². The second-order valence-electron chi connectivity index (χ2n) is 13.1. The van der Waals surface area contributed by atoms with Crippen LogP contribution in [0.25, 0.3) is 22.2 Å². The standard InChI is InChI=1S/C37H47N5O5/c1-37(2,3)47-36(44)39-29(23-26-15-17-27(18-16-26)30-12-8-19-38-35(30)46-5)24-33(43)41-20-9-11-28(25-41)34-40-31-13-6-7-14-32(31)42(34)21-10-22-45-4/h6-8,12-19,28-29H,9-11,20-25H2,1-5H3,(H,39,44)/t28-,29-/m1/s1. The first-order chi connectivity index (χ1) is 22.6. The molecule has 3 heterocycles. The Morgan fingerprint density at radius 3 is 2.57 bits per heavy atom. The van der Waals surface area contributed by atoms with Gasteiger partial charge in [0.15, 0.2) is 0 Å². The van der Waals surface area contributed by atoms with Gasteiger partial charge >= 0.3 is 6.09 Å². The highest BCUT2D eigenvalue weighted by Crippen LogP contribution is 2.31. The molecule has 0 unspecified atom stereocenters. The molecule has 1 aliphatic rings. The van der Waals surface area contributed by atoms with Gasteiger partial charge in [0.05, 0.1) is 18.1 Å². The van der Waals surface area contributed by atoms with Crippen LogP contribution in [-0.4, -0.2) is 77.0 Å². The van der Waals surface area contributed by atoms with E-state index in [0.29, 0.717) is 32.0 Å². The average Bonchev–Trinajstić information content (AvgIpc) is 3.43. The summed E-state index contributed by atoms with van der Waals surface area (Å²) in [7, 11) is 3.32. The van der Waals surface area contributed by atoms with Crippen molar-refractivity contribution < 1.29 is 23.8 Å². The largest absolute Gasteiger partial charge is 0.481 e. The third-order valence-electron chi connectivity index (χ3n) is 8.41. The third kappa shape index (κ3) is 8.88. The Kier molecular flexibility index (Phi) is 11.1. The second-order valence-corrected chi connectivity index (χ2v) is 13.1. The first-order valence-electron chi connectivity index (χ1n) is 16.4. The van der Waals surface area contributed by atoms with Crippen molar-refractivity contribution in [2.24, 2.45) is 0 Å². The number of benzene rings is 2. The summed E-state index contributed by atoms with van der Waals surface area (Å²) < 4.78 is 18.6. The van der Waals surface area contributed by atoms with Gasteiger partial charge in [-0.05, 0) is 81.8 Å². The monoisotopic (exact) mass is 641 g/mol. The van der Waals surface area contributed by atoms with Crippen LogP contribution < -0.4 is 10.1 Å². The summed E-state index contributed by atoms with van der Waals surface area (Å²) in [6.45, 7) is 8.24. The van der Waals surface area contributed by atoms with E-state index in [9.17, 15) is 9.59 Å². The van der Waals surface area contributed by atoms with Crippen LogP contribution in [0.1, 0.15) is 63.8 Å². The summed E-state index contributed by atoms with van der Waals surface area (Å²) >= 11 is 0. The number of carbonyl (C=O) groups excluding carboxylic acids is 2. The summed E-state index contributed by atoms with van der Waals surface area (Å²) in [5, 5.41) is 2.99. The molecule has 2 aromatic heterocycles. The number of fused-ring (bicyclic) bond motifs is 1. The lowest BCUT2D eigenvalue weighted by Gasteiger charge is -2.34. The van der Waals surface area contributed by atoms with Crippen molar-refractivity contribution in [3.8, 4) is 17.0 Å². The number of ether oxygens (including phenoxy) is 3. The number of nitrogens with zero attached hydrogens (tertiary/aromatic N) is 4. The Morgan fingerprint density at radius 1 is 1.04 bits per heavy atom. The molecule has 10 heteroatoms. The molecule has 1 saturated heterocycles. The number of aryl methyl sites for hydroxylation is 1. The molecule has 4 aromatic rings. The van der Waals surface area contributed by atoms with E-state index in [1.807, 2.05) is 80.3 Å². The molecule has 250 valence electrons. The minimum Gasteiger partial charge on any atom is -0.481 e. The highest BCUT2D eigenvalue weighted by atomic mass is 16.6. The number of aromatic nitrogens is 3. The van der Waals surface area contributed by atoms with Crippen LogP contribution in [0, 0.1) is 0 Å². The van der Waals surface area contributed by atoms with Crippen molar-refractivity contribution in [3.05, 3.63) is 78.2 Å². The van der Waals surface area contributed by atoms with Crippen molar-refractivity contribution in [3.63, 3.8) is 0 Å². The summed E-state index contributed by atoms with van der Waals surface area (Å²) in [6.07, 6.45) is 4.54. The Bertz CT molecular complexity index is 1650. The number of para-hydroxylation sites is 2. The molecule has 5 rings (SSSR count). The van der Waals surface area contributed by atoms with E-state index < -0.39 is 17.7 Å². The third-order valence-corrected chi connectivity index (χ3v) is 8.41. The molecule has 0 bridgehead atoms. The molecule has 1 aliphatic heterocycles. The number of hydrogen-bond donors (Lipinski definition) is 1.